The Morgan fingerprint density at radius 3 is 3.13 bits per heavy atom. The first-order chi connectivity index (χ1) is 7.38. The summed E-state index contributed by atoms with van der Waals surface area (Å²) in [6, 6.07) is 5.87. The molecule has 2 aromatic rings. The van der Waals surface area contributed by atoms with Crippen LogP contribution in [0.5, 0.6) is 5.88 Å². The van der Waals surface area contributed by atoms with E-state index < -0.39 is 0 Å². The van der Waals surface area contributed by atoms with Crippen molar-refractivity contribution in [1.82, 2.24) is 4.37 Å². The van der Waals surface area contributed by atoms with Crippen LogP contribution < -0.4 is 4.74 Å². The normalized spacial score (nSPS) is 10.5. The fourth-order valence-corrected chi connectivity index (χ4v) is 2.81. The Morgan fingerprint density at radius 2 is 2.47 bits per heavy atom. The van der Waals surface area contributed by atoms with Gasteiger partial charge in [0.1, 0.15) is 5.76 Å². The van der Waals surface area contributed by atoms with Gasteiger partial charge in [-0.1, -0.05) is 0 Å². The van der Waals surface area contributed by atoms with Crippen molar-refractivity contribution in [3.05, 3.63) is 35.1 Å². The minimum absolute atomic E-state index is 0.702. The summed E-state index contributed by atoms with van der Waals surface area (Å²) in [4.78, 5) is 1.23. The first kappa shape index (κ1) is 10.6. The van der Waals surface area contributed by atoms with E-state index in [1.807, 2.05) is 30.0 Å². The fraction of sp³-hybridized carbons (Fsp3) is 0.300. The van der Waals surface area contributed by atoms with Gasteiger partial charge in [-0.25, -0.2) is 0 Å². The largest absolute Gasteiger partial charge is 0.480 e. The lowest BCUT2D eigenvalue weighted by molar-refractivity contribution is 0.402. The Morgan fingerprint density at radius 1 is 1.53 bits per heavy atom. The standard InChI is InChI=1S/C10H11NO2S2/c1-12-10-5-9(15-11-10)7-14-6-8-3-2-4-13-8/h2-5H,6-7H2,1H3. The number of hydrogen-bond donors (Lipinski definition) is 0. The van der Waals surface area contributed by atoms with E-state index in [0.717, 1.165) is 17.3 Å². The molecule has 3 nitrogen and oxygen atoms in total. The van der Waals surface area contributed by atoms with E-state index in [9.17, 15) is 0 Å². The fourth-order valence-electron chi connectivity index (χ4n) is 1.11. The predicted octanol–water partition coefficient (Wildman–Crippen LogP) is 3.18. The third kappa shape index (κ3) is 3.00. The third-order valence-electron chi connectivity index (χ3n) is 1.82. The number of thioether (sulfide) groups is 1. The van der Waals surface area contributed by atoms with Crippen molar-refractivity contribution in [2.45, 2.75) is 11.5 Å². The molecular formula is C10H11NO2S2. The molecule has 0 amide bonds. The predicted molar refractivity (Wildman–Crippen MR) is 62.4 cm³/mol. The van der Waals surface area contributed by atoms with Crippen LogP contribution in [0.3, 0.4) is 0 Å². The molecule has 0 radical (unpaired) electrons. The van der Waals surface area contributed by atoms with Crippen molar-refractivity contribution < 1.29 is 9.15 Å². The van der Waals surface area contributed by atoms with E-state index in [1.54, 1.807) is 13.4 Å². The molecule has 0 aliphatic heterocycles. The van der Waals surface area contributed by atoms with Crippen LogP contribution in [0.1, 0.15) is 10.6 Å². The van der Waals surface area contributed by atoms with Crippen LogP contribution in [0.15, 0.2) is 28.9 Å². The molecule has 2 heterocycles. The molecule has 80 valence electrons. The van der Waals surface area contributed by atoms with Gasteiger partial charge in [-0.3, -0.25) is 0 Å². The molecule has 0 saturated heterocycles. The summed E-state index contributed by atoms with van der Waals surface area (Å²) in [7, 11) is 1.63. The summed E-state index contributed by atoms with van der Waals surface area (Å²) >= 11 is 3.29. The lowest BCUT2D eigenvalue weighted by atomic mass is 10.5. The monoisotopic (exact) mass is 241 g/mol. The summed E-state index contributed by atoms with van der Waals surface area (Å²) in [5, 5.41) is 0. The second-order valence-corrected chi connectivity index (χ2v) is 4.78. The second-order valence-electron chi connectivity index (χ2n) is 2.91. The van der Waals surface area contributed by atoms with E-state index in [4.69, 9.17) is 9.15 Å². The van der Waals surface area contributed by atoms with Crippen molar-refractivity contribution >= 4 is 23.3 Å². The molecule has 0 spiro atoms. The highest BCUT2D eigenvalue weighted by molar-refractivity contribution is 7.97. The van der Waals surface area contributed by atoms with Gasteiger partial charge in [0, 0.05) is 16.7 Å². The SMILES string of the molecule is COc1cc(CSCc2ccco2)sn1. The maximum atomic E-state index is 5.24. The smallest absolute Gasteiger partial charge is 0.225 e. The van der Waals surface area contributed by atoms with Crippen LogP contribution in [0.4, 0.5) is 0 Å². The van der Waals surface area contributed by atoms with Gasteiger partial charge in [0.05, 0.1) is 19.1 Å². The minimum atomic E-state index is 0.702. The lowest BCUT2D eigenvalue weighted by Gasteiger charge is -1.95. The van der Waals surface area contributed by atoms with Crippen molar-refractivity contribution in [2.75, 3.05) is 7.11 Å². The molecule has 15 heavy (non-hydrogen) atoms. The Hall–Kier alpha value is -0.940. The summed E-state index contributed by atoms with van der Waals surface area (Å²) in [6.45, 7) is 0. The van der Waals surface area contributed by atoms with Crippen LogP contribution in [-0.4, -0.2) is 11.5 Å². The van der Waals surface area contributed by atoms with Crippen LogP contribution in [-0.2, 0) is 11.5 Å². The highest BCUT2D eigenvalue weighted by Crippen LogP contribution is 2.23. The second kappa shape index (κ2) is 5.23. The molecule has 0 unspecified atom stereocenters. The Labute approximate surface area is 96.6 Å². The first-order valence-electron chi connectivity index (χ1n) is 4.48. The number of rotatable bonds is 5. The average molecular weight is 241 g/mol. The van der Waals surface area contributed by atoms with E-state index >= 15 is 0 Å². The number of hydrogen-bond acceptors (Lipinski definition) is 5. The average Bonchev–Trinajstić information content (AvgIpc) is 2.88. The zero-order valence-corrected chi connectivity index (χ0v) is 9.94. The van der Waals surface area contributed by atoms with Gasteiger partial charge in [0.2, 0.25) is 5.88 Å². The quantitative estimate of drug-likeness (QED) is 0.805. The summed E-state index contributed by atoms with van der Waals surface area (Å²) in [5.74, 6) is 3.56. The van der Waals surface area contributed by atoms with Crippen molar-refractivity contribution in [3.63, 3.8) is 0 Å². The van der Waals surface area contributed by atoms with Crippen LogP contribution in [0.2, 0.25) is 0 Å². The van der Waals surface area contributed by atoms with Gasteiger partial charge in [0.25, 0.3) is 0 Å². The van der Waals surface area contributed by atoms with Crippen molar-refractivity contribution in [1.29, 1.82) is 0 Å². The van der Waals surface area contributed by atoms with Crippen molar-refractivity contribution in [3.8, 4) is 5.88 Å². The number of ether oxygens (including phenoxy) is 1. The number of methoxy groups -OCH3 is 1. The number of nitrogens with zero attached hydrogens (tertiary/aromatic N) is 1. The third-order valence-corrected chi connectivity index (χ3v) is 3.77. The van der Waals surface area contributed by atoms with Gasteiger partial charge in [0.15, 0.2) is 0 Å². The van der Waals surface area contributed by atoms with Crippen LogP contribution in [0, 0.1) is 0 Å². The van der Waals surface area contributed by atoms with Gasteiger partial charge < -0.3 is 9.15 Å². The van der Waals surface area contributed by atoms with Gasteiger partial charge in [-0.15, -0.1) is 11.8 Å². The molecule has 2 rings (SSSR count). The number of furan rings is 1. The molecule has 0 bridgehead atoms. The number of aromatic nitrogens is 1. The molecule has 0 N–H and O–H groups in total. The molecular weight excluding hydrogens is 230 g/mol. The first-order valence-corrected chi connectivity index (χ1v) is 6.41. The van der Waals surface area contributed by atoms with Crippen LogP contribution in [0.25, 0.3) is 0 Å². The molecule has 0 fully saturated rings. The Kier molecular flexibility index (Phi) is 3.69. The topological polar surface area (TPSA) is 35.3 Å². The zero-order valence-electron chi connectivity index (χ0n) is 8.30. The molecule has 0 aliphatic carbocycles. The highest BCUT2D eigenvalue weighted by Gasteiger charge is 2.02. The van der Waals surface area contributed by atoms with E-state index in [1.165, 1.54) is 16.4 Å². The molecule has 2 aromatic heterocycles. The Balaban J connectivity index is 1.78. The van der Waals surface area contributed by atoms with E-state index in [0.29, 0.717) is 5.88 Å². The van der Waals surface area contributed by atoms with Crippen molar-refractivity contribution in [2.24, 2.45) is 0 Å². The molecule has 0 aromatic carbocycles. The molecule has 0 aliphatic rings. The molecule has 0 saturated carbocycles. The zero-order chi connectivity index (χ0) is 10.5. The van der Waals surface area contributed by atoms with E-state index in [-0.39, 0.29) is 0 Å². The lowest BCUT2D eigenvalue weighted by Crippen LogP contribution is -1.79. The van der Waals surface area contributed by atoms with Gasteiger partial charge >= 0.3 is 0 Å². The van der Waals surface area contributed by atoms with Gasteiger partial charge in [-0.05, 0) is 23.7 Å². The summed E-state index contributed by atoms with van der Waals surface area (Å²) in [5.41, 5.74) is 0. The minimum Gasteiger partial charge on any atom is -0.480 e. The van der Waals surface area contributed by atoms with E-state index in [2.05, 4.69) is 4.37 Å². The maximum Gasteiger partial charge on any atom is 0.225 e. The Bertz CT molecular complexity index is 397. The summed E-state index contributed by atoms with van der Waals surface area (Å²) < 4.78 is 14.4. The highest BCUT2D eigenvalue weighted by atomic mass is 32.2. The maximum absolute atomic E-state index is 5.24. The van der Waals surface area contributed by atoms with Gasteiger partial charge in [-0.2, -0.15) is 4.37 Å². The summed E-state index contributed by atoms with van der Waals surface area (Å²) in [6.07, 6.45) is 1.70. The van der Waals surface area contributed by atoms with Crippen LogP contribution >= 0.6 is 23.3 Å². The molecule has 5 heteroatoms. The molecule has 0 atom stereocenters.